The minimum Gasteiger partial charge on any atom is -0.468 e. The van der Waals surface area contributed by atoms with Gasteiger partial charge in [0, 0.05) is 12.1 Å². The quantitative estimate of drug-likeness (QED) is 0.691. The van der Waals surface area contributed by atoms with Gasteiger partial charge in [-0.2, -0.15) is 0 Å². The summed E-state index contributed by atoms with van der Waals surface area (Å²) in [7, 11) is 1.42. The normalized spacial score (nSPS) is 24.8. The number of rotatable bonds is 5. The zero-order chi connectivity index (χ0) is 12.0. The molecule has 1 rings (SSSR count). The first kappa shape index (κ1) is 13.5. The zero-order valence-corrected chi connectivity index (χ0v) is 10.6. The van der Waals surface area contributed by atoms with Gasteiger partial charge in [0.05, 0.1) is 7.11 Å². The summed E-state index contributed by atoms with van der Waals surface area (Å²) in [6, 6.07) is 0.717. The van der Waals surface area contributed by atoms with E-state index in [4.69, 9.17) is 0 Å². The molecule has 1 fully saturated rings. The van der Waals surface area contributed by atoms with E-state index in [0.717, 1.165) is 13.0 Å². The molecule has 0 aromatic heterocycles. The number of hydrogen-bond acceptors (Lipinski definition) is 4. The lowest BCUT2D eigenvalue weighted by Gasteiger charge is -2.27. The molecule has 2 unspecified atom stereocenters. The van der Waals surface area contributed by atoms with Crippen molar-refractivity contribution in [3.05, 3.63) is 0 Å². The molecule has 1 aliphatic rings. The van der Waals surface area contributed by atoms with Crippen LogP contribution in [0.1, 0.15) is 39.5 Å². The van der Waals surface area contributed by atoms with Gasteiger partial charge in [-0.25, -0.2) is 0 Å². The molecule has 1 heterocycles. The van der Waals surface area contributed by atoms with Crippen LogP contribution in [0.3, 0.4) is 0 Å². The molecular weight excluding hydrogens is 204 g/mol. The van der Waals surface area contributed by atoms with E-state index in [1.165, 1.54) is 26.4 Å². The smallest absolute Gasteiger partial charge is 0.322 e. The summed E-state index contributed by atoms with van der Waals surface area (Å²) in [5.74, 6) is -0.191. The number of methoxy groups -OCH3 is 1. The van der Waals surface area contributed by atoms with E-state index in [1.54, 1.807) is 0 Å². The number of carbonyl (C=O) groups is 1. The molecule has 0 amide bonds. The second-order valence-electron chi connectivity index (χ2n) is 4.70. The third-order valence-electron chi connectivity index (χ3n) is 3.14. The molecule has 1 saturated heterocycles. The monoisotopic (exact) mass is 228 g/mol. The number of piperidine rings is 1. The van der Waals surface area contributed by atoms with Crippen LogP contribution in [-0.4, -0.2) is 37.7 Å². The fourth-order valence-electron chi connectivity index (χ4n) is 2.29. The molecule has 0 spiro atoms. The molecule has 4 nitrogen and oxygen atoms in total. The van der Waals surface area contributed by atoms with Crippen molar-refractivity contribution in [1.29, 1.82) is 0 Å². The maximum Gasteiger partial charge on any atom is 0.322 e. The lowest BCUT2D eigenvalue weighted by Crippen LogP contribution is -2.45. The zero-order valence-electron chi connectivity index (χ0n) is 10.6. The SMILES string of the molecule is COC(=O)[C@H](C)NC(C)CC1CCCCN1. The Labute approximate surface area is 98.1 Å². The predicted molar refractivity (Wildman–Crippen MR) is 64.3 cm³/mol. The largest absolute Gasteiger partial charge is 0.468 e. The van der Waals surface area contributed by atoms with E-state index in [9.17, 15) is 4.79 Å². The first-order valence-electron chi connectivity index (χ1n) is 6.20. The Morgan fingerprint density at radius 1 is 1.50 bits per heavy atom. The van der Waals surface area contributed by atoms with Gasteiger partial charge >= 0.3 is 5.97 Å². The van der Waals surface area contributed by atoms with Crippen molar-refractivity contribution in [3.8, 4) is 0 Å². The number of nitrogens with one attached hydrogen (secondary N) is 2. The average molecular weight is 228 g/mol. The minimum absolute atomic E-state index is 0.191. The standard InChI is InChI=1S/C12H24N2O2/c1-9(14-10(2)12(15)16-3)8-11-6-4-5-7-13-11/h9-11,13-14H,4-8H2,1-3H3/t9?,10-,11?/m0/s1. The molecule has 0 radical (unpaired) electrons. The van der Waals surface area contributed by atoms with Gasteiger partial charge in [0.25, 0.3) is 0 Å². The van der Waals surface area contributed by atoms with Crippen molar-refractivity contribution in [2.24, 2.45) is 0 Å². The van der Waals surface area contributed by atoms with Gasteiger partial charge < -0.3 is 15.4 Å². The Hall–Kier alpha value is -0.610. The summed E-state index contributed by atoms with van der Waals surface area (Å²) in [4.78, 5) is 11.2. The molecule has 1 aliphatic heterocycles. The topological polar surface area (TPSA) is 50.4 Å². The van der Waals surface area contributed by atoms with Crippen LogP contribution >= 0.6 is 0 Å². The summed E-state index contributed by atoms with van der Waals surface area (Å²) >= 11 is 0. The van der Waals surface area contributed by atoms with Crippen molar-refractivity contribution in [3.63, 3.8) is 0 Å². The van der Waals surface area contributed by atoms with Crippen LogP contribution in [0.2, 0.25) is 0 Å². The summed E-state index contributed by atoms with van der Waals surface area (Å²) < 4.78 is 4.69. The Morgan fingerprint density at radius 3 is 2.81 bits per heavy atom. The van der Waals surface area contributed by atoms with Crippen molar-refractivity contribution in [2.75, 3.05) is 13.7 Å². The fourth-order valence-corrected chi connectivity index (χ4v) is 2.29. The van der Waals surface area contributed by atoms with E-state index < -0.39 is 0 Å². The lowest BCUT2D eigenvalue weighted by molar-refractivity contribution is -0.142. The maximum absolute atomic E-state index is 11.2. The maximum atomic E-state index is 11.2. The van der Waals surface area contributed by atoms with Crippen LogP contribution in [-0.2, 0) is 9.53 Å². The van der Waals surface area contributed by atoms with Crippen LogP contribution in [0.25, 0.3) is 0 Å². The summed E-state index contributed by atoms with van der Waals surface area (Å²) in [5.41, 5.74) is 0. The predicted octanol–water partition coefficient (Wildman–Crippen LogP) is 1.06. The number of hydrogen-bond donors (Lipinski definition) is 2. The third-order valence-corrected chi connectivity index (χ3v) is 3.14. The minimum atomic E-state index is -0.219. The van der Waals surface area contributed by atoms with Gasteiger partial charge in [0.1, 0.15) is 6.04 Å². The Morgan fingerprint density at radius 2 is 2.25 bits per heavy atom. The Balaban J connectivity index is 2.23. The highest BCUT2D eigenvalue weighted by Crippen LogP contribution is 2.12. The third kappa shape index (κ3) is 4.49. The molecule has 16 heavy (non-hydrogen) atoms. The van der Waals surface area contributed by atoms with Gasteiger partial charge in [0.15, 0.2) is 0 Å². The van der Waals surface area contributed by atoms with Crippen LogP contribution in [0.5, 0.6) is 0 Å². The highest BCUT2D eigenvalue weighted by Gasteiger charge is 2.19. The fraction of sp³-hybridized carbons (Fsp3) is 0.917. The molecule has 0 aliphatic carbocycles. The highest BCUT2D eigenvalue weighted by atomic mass is 16.5. The summed E-state index contributed by atoms with van der Waals surface area (Å²) in [5, 5.41) is 6.77. The van der Waals surface area contributed by atoms with Gasteiger partial charge in [-0.1, -0.05) is 6.42 Å². The number of ether oxygens (including phenoxy) is 1. The Kier molecular flexibility index (Phi) is 5.77. The van der Waals surface area contributed by atoms with Gasteiger partial charge in [-0.3, -0.25) is 4.79 Å². The molecule has 0 saturated carbocycles. The molecule has 0 aromatic carbocycles. The first-order chi connectivity index (χ1) is 7.63. The molecule has 3 atom stereocenters. The van der Waals surface area contributed by atoms with E-state index >= 15 is 0 Å². The van der Waals surface area contributed by atoms with Crippen LogP contribution in [0.15, 0.2) is 0 Å². The molecular formula is C12H24N2O2. The van der Waals surface area contributed by atoms with Gasteiger partial charge in [-0.15, -0.1) is 0 Å². The van der Waals surface area contributed by atoms with E-state index in [2.05, 4.69) is 22.3 Å². The van der Waals surface area contributed by atoms with Crippen molar-refractivity contribution in [1.82, 2.24) is 10.6 Å². The number of carbonyl (C=O) groups excluding carboxylic acids is 1. The average Bonchev–Trinajstić information content (AvgIpc) is 2.29. The molecule has 2 N–H and O–H groups in total. The van der Waals surface area contributed by atoms with E-state index in [1.807, 2.05) is 6.92 Å². The summed E-state index contributed by atoms with van der Waals surface area (Å²) in [6.07, 6.45) is 4.92. The second-order valence-corrected chi connectivity index (χ2v) is 4.70. The second kappa shape index (κ2) is 6.86. The van der Waals surface area contributed by atoms with E-state index in [0.29, 0.717) is 12.1 Å². The van der Waals surface area contributed by atoms with Crippen LogP contribution in [0, 0.1) is 0 Å². The van der Waals surface area contributed by atoms with Gasteiger partial charge in [0.2, 0.25) is 0 Å². The highest BCUT2D eigenvalue weighted by molar-refractivity contribution is 5.75. The van der Waals surface area contributed by atoms with Crippen LogP contribution < -0.4 is 10.6 Å². The van der Waals surface area contributed by atoms with Gasteiger partial charge in [-0.05, 0) is 39.7 Å². The van der Waals surface area contributed by atoms with Crippen LogP contribution in [0.4, 0.5) is 0 Å². The molecule has 0 bridgehead atoms. The molecule has 94 valence electrons. The lowest BCUT2D eigenvalue weighted by atomic mass is 9.98. The van der Waals surface area contributed by atoms with Crippen molar-refractivity contribution in [2.45, 2.75) is 57.7 Å². The molecule has 4 heteroatoms. The summed E-state index contributed by atoms with van der Waals surface area (Å²) in [6.45, 7) is 5.09. The molecule has 0 aromatic rings. The Bertz CT molecular complexity index is 215. The number of esters is 1. The first-order valence-corrected chi connectivity index (χ1v) is 6.20. The van der Waals surface area contributed by atoms with E-state index in [-0.39, 0.29) is 12.0 Å². The van der Waals surface area contributed by atoms with Crippen molar-refractivity contribution >= 4 is 5.97 Å². The van der Waals surface area contributed by atoms with Crippen molar-refractivity contribution < 1.29 is 9.53 Å².